The third-order valence-electron chi connectivity index (χ3n) is 5.37. The largest absolute Gasteiger partial charge is 0.384 e. The van der Waals surface area contributed by atoms with Gasteiger partial charge in [-0.15, -0.1) is 12.4 Å². The normalized spacial score (nSPS) is 18.1. The highest BCUT2D eigenvalue weighted by atomic mass is 35.5. The van der Waals surface area contributed by atoms with E-state index in [-0.39, 0.29) is 24.1 Å². The smallest absolute Gasteiger partial charge is 0.123 e. The highest BCUT2D eigenvalue weighted by molar-refractivity contribution is 6.30. The summed E-state index contributed by atoms with van der Waals surface area (Å²) in [6.07, 6.45) is 1.41. The number of halogens is 3. The maximum Gasteiger partial charge on any atom is 0.123 e. The molecule has 6 heteroatoms. The van der Waals surface area contributed by atoms with Gasteiger partial charge in [-0.1, -0.05) is 49.2 Å². The molecule has 2 aromatic carbocycles. The number of nitrogens with zero attached hydrogens (tertiary/aromatic N) is 1. The van der Waals surface area contributed by atoms with Crippen molar-refractivity contribution in [1.82, 2.24) is 4.90 Å². The average molecular weight is 428 g/mol. The van der Waals surface area contributed by atoms with Crippen LogP contribution in [0, 0.1) is 5.82 Å². The Morgan fingerprint density at radius 2 is 1.71 bits per heavy atom. The summed E-state index contributed by atoms with van der Waals surface area (Å²) in [7, 11) is 0. The summed E-state index contributed by atoms with van der Waals surface area (Å²) in [6, 6.07) is 13.9. The van der Waals surface area contributed by atoms with Crippen molar-refractivity contribution >= 4 is 24.0 Å². The molecule has 1 saturated heterocycles. The number of hydrogen-bond acceptors (Lipinski definition) is 3. The van der Waals surface area contributed by atoms with Gasteiger partial charge < -0.3 is 9.84 Å². The molecule has 1 aliphatic heterocycles. The maximum absolute atomic E-state index is 13.5. The van der Waals surface area contributed by atoms with Crippen LogP contribution in [0.25, 0.3) is 0 Å². The second-order valence-electron chi connectivity index (χ2n) is 7.20. The van der Waals surface area contributed by atoms with Crippen LogP contribution in [0.2, 0.25) is 5.02 Å². The van der Waals surface area contributed by atoms with Crippen molar-refractivity contribution in [1.29, 1.82) is 0 Å². The SMILES string of the molecule is CCCC(O)(c1ccc(F)cc1)C(CN1CCOCC1)c1ccc(Cl)cc1.Cl. The van der Waals surface area contributed by atoms with E-state index in [0.717, 1.165) is 30.6 Å². The van der Waals surface area contributed by atoms with Gasteiger partial charge in [0.2, 0.25) is 0 Å². The molecule has 0 spiro atoms. The Morgan fingerprint density at radius 3 is 2.29 bits per heavy atom. The highest BCUT2D eigenvalue weighted by Gasteiger charge is 2.39. The van der Waals surface area contributed by atoms with Gasteiger partial charge in [-0.3, -0.25) is 4.90 Å². The van der Waals surface area contributed by atoms with Gasteiger partial charge in [-0.05, 0) is 41.8 Å². The number of morpholine rings is 1. The van der Waals surface area contributed by atoms with Gasteiger partial charge in [0.25, 0.3) is 0 Å². The quantitative estimate of drug-likeness (QED) is 0.674. The molecule has 0 bridgehead atoms. The summed E-state index contributed by atoms with van der Waals surface area (Å²) in [6.45, 7) is 5.86. The molecular weight excluding hydrogens is 400 g/mol. The maximum atomic E-state index is 13.5. The van der Waals surface area contributed by atoms with Crippen LogP contribution in [0.3, 0.4) is 0 Å². The second-order valence-corrected chi connectivity index (χ2v) is 7.63. The second kappa shape index (κ2) is 10.6. The third kappa shape index (κ3) is 5.46. The fourth-order valence-electron chi connectivity index (χ4n) is 3.91. The molecule has 154 valence electrons. The van der Waals surface area contributed by atoms with E-state index in [2.05, 4.69) is 11.8 Å². The topological polar surface area (TPSA) is 32.7 Å². The molecule has 1 aliphatic rings. The molecule has 0 aromatic heterocycles. The van der Waals surface area contributed by atoms with Crippen LogP contribution in [-0.2, 0) is 10.3 Å². The molecule has 3 nitrogen and oxygen atoms in total. The molecule has 0 amide bonds. The number of ether oxygens (including phenoxy) is 1. The van der Waals surface area contributed by atoms with Gasteiger partial charge >= 0.3 is 0 Å². The molecule has 3 rings (SSSR count). The molecule has 2 unspecified atom stereocenters. The van der Waals surface area contributed by atoms with Gasteiger partial charge in [-0.25, -0.2) is 4.39 Å². The average Bonchev–Trinajstić information content (AvgIpc) is 2.68. The molecule has 2 atom stereocenters. The Morgan fingerprint density at radius 1 is 1.11 bits per heavy atom. The predicted molar refractivity (Wildman–Crippen MR) is 114 cm³/mol. The van der Waals surface area contributed by atoms with Crippen molar-refractivity contribution in [2.24, 2.45) is 0 Å². The summed E-state index contributed by atoms with van der Waals surface area (Å²) in [4.78, 5) is 2.33. The Bertz CT molecular complexity index is 720. The number of benzene rings is 2. The van der Waals surface area contributed by atoms with E-state index >= 15 is 0 Å². The van der Waals surface area contributed by atoms with Crippen LogP contribution in [0.15, 0.2) is 48.5 Å². The molecule has 1 fully saturated rings. The Labute approximate surface area is 177 Å². The van der Waals surface area contributed by atoms with Crippen molar-refractivity contribution in [3.05, 3.63) is 70.5 Å². The zero-order valence-electron chi connectivity index (χ0n) is 16.1. The first-order valence-electron chi connectivity index (χ1n) is 9.57. The first kappa shape index (κ1) is 23.1. The van der Waals surface area contributed by atoms with E-state index in [1.807, 2.05) is 24.3 Å². The van der Waals surface area contributed by atoms with Crippen molar-refractivity contribution in [2.75, 3.05) is 32.8 Å². The molecule has 28 heavy (non-hydrogen) atoms. The standard InChI is InChI=1S/C22H27ClFNO2.ClH/c1-2-11-22(26,18-5-9-20(24)10-6-18)21(16-25-12-14-27-15-13-25)17-3-7-19(23)8-4-17;/h3-10,21,26H,2,11-16H2,1H3;1H. The number of hydrogen-bond donors (Lipinski definition) is 1. The summed E-state index contributed by atoms with van der Waals surface area (Å²) in [5.74, 6) is -0.452. The molecular formula is C22H28Cl2FNO2. The number of rotatable bonds is 7. The summed E-state index contributed by atoms with van der Waals surface area (Å²) >= 11 is 6.09. The van der Waals surface area contributed by atoms with Crippen molar-refractivity contribution in [2.45, 2.75) is 31.3 Å². The summed E-state index contributed by atoms with van der Waals surface area (Å²) in [5, 5.41) is 12.5. The summed E-state index contributed by atoms with van der Waals surface area (Å²) in [5.41, 5.74) is 0.694. The molecule has 0 aliphatic carbocycles. The number of aliphatic hydroxyl groups is 1. The van der Waals surface area contributed by atoms with E-state index in [0.29, 0.717) is 31.2 Å². The van der Waals surface area contributed by atoms with Crippen LogP contribution >= 0.6 is 24.0 Å². The van der Waals surface area contributed by atoms with E-state index in [9.17, 15) is 9.50 Å². The van der Waals surface area contributed by atoms with Crippen LogP contribution in [-0.4, -0.2) is 42.9 Å². The lowest BCUT2D eigenvalue weighted by molar-refractivity contribution is -0.0285. The lowest BCUT2D eigenvalue weighted by Crippen LogP contribution is -2.45. The zero-order chi connectivity index (χ0) is 19.3. The van der Waals surface area contributed by atoms with Gasteiger partial charge in [0, 0.05) is 30.6 Å². The van der Waals surface area contributed by atoms with E-state index < -0.39 is 5.60 Å². The minimum absolute atomic E-state index is 0. The zero-order valence-corrected chi connectivity index (χ0v) is 17.7. The van der Waals surface area contributed by atoms with Crippen LogP contribution in [0.1, 0.15) is 36.8 Å². The highest BCUT2D eigenvalue weighted by Crippen LogP contribution is 2.41. The monoisotopic (exact) mass is 427 g/mol. The lowest BCUT2D eigenvalue weighted by Gasteiger charge is -2.41. The first-order chi connectivity index (χ1) is 13.0. The molecule has 0 radical (unpaired) electrons. The van der Waals surface area contributed by atoms with Crippen molar-refractivity contribution < 1.29 is 14.2 Å². The Balaban J connectivity index is 0.00000280. The molecule has 0 saturated carbocycles. The lowest BCUT2D eigenvalue weighted by atomic mass is 9.74. The van der Waals surface area contributed by atoms with Gasteiger partial charge in [0.15, 0.2) is 0 Å². The van der Waals surface area contributed by atoms with E-state index in [4.69, 9.17) is 16.3 Å². The van der Waals surface area contributed by atoms with Crippen LogP contribution in [0.4, 0.5) is 4.39 Å². The minimum atomic E-state index is -1.09. The molecule has 1 heterocycles. The fraction of sp³-hybridized carbons (Fsp3) is 0.455. The van der Waals surface area contributed by atoms with Crippen molar-refractivity contribution in [3.63, 3.8) is 0 Å². The minimum Gasteiger partial charge on any atom is -0.384 e. The predicted octanol–water partition coefficient (Wildman–Crippen LogP) is 5.00. The van der Waals surface area contributed by atoms with Gasteiger partial charge in [-0.2, -0.15) is 0 Å². The molecule has 2 aromatic rings. The van der Waals surface area contributed by atoms with Crippen molar-refractivity contribution in [3.8, 4) is 0 Å². The Hall–Kier alpha value is -1.17. The van der Waals surface area contributed by atoms with Gasteiger partial charge in [0.1, 0.15) is 5.82 Å². The van der Waals surface area contributed by atoms with E-state index in [1.54, 1.807) is 12.1 Å². The Kier molecular flexibility index (Phi) is 8.72. The van der Waals surface area contributed by atoms with Gasteiger partial charge in [0.05, 0.1) is 18.8 Å². The van der Waals surface area contributed by atoms with Crippen LogP contribution < -0.4 is 0 Å². The fourth-order valence-corrected chi connectivity index (χ4v) is 4.03. The third-order valence-corrected chi connectivity index (χ3v) is 5.62. The summed E-state index contributed by atoms with van der Waals surface area (Å²) < 4.78 is 19.0. The first-order valence-corrected chi connectivity index (χ1v) is 9.94. The van der Waals surface area contributed by atoms with Crippen LogP contribution in [0.5, 0.6) is 0 Å². The molecule has 1 N–H and O–H groups in total. The van der Waals surface area contributed by atoms with E-state index in [1.165, 1.54) is 12.1 Å².